The Morgan fingerprint density at radius 1 is 1.62 bits per heavy atom. The fourth-order valence-electron chi connectivity index (χ4n) is 1.65. The number of hydrogen-bond acceptors (Lipinski definition) is 2. The largest absolute Gasteiger partial charge is 0.477 e. The molecule has 0 radical (unpaired) electrons. The van der Waals surface area contributed by atoms with E-state index in [1.54, 1.807) is 6.08 Å². The van der Waals surface area contributed by atoms with Crippen LogP contribution in [0.5, 0.6) is 0 Å². The summed E-state index contributed by atoms with van der Waals surface area (Å²) in [6.45, 7) is 0. The molecule has 1 atom stereocenters. The van der Waals surface area contributed by atoms with Crippen LogP contribution in [0.3, 0.4) is 0 Å². The van der Waals surface area contributed by atoms with Crippen LogP contribution in [0.4, 0.5) is 0 Å². The molecule has 2 aliphatic heterocycles. The van der Waals surface area contributed by atoms with Crippen molar-refractivity contribution in [2.24, 2.45) is 0 Å². The van der Waals surface area contributed by atoms with E-state index >= 15 is 0 Å². The van der Waals surface area contributed by atoms with E-state index in [-0.39, 0.29) is 17.6 Å². The second kappa shape index (κ2) is 2.73. The Morgan fingerprint density at radius 3 is 3.00 bits per heavy atom. The van der Waals surface area contributed by atoms with Gasteiger partial charge >= 0.3 is 5.97 Å². The fourth-order valence-corrected chi connectivity index (χ4v) is 1.65. The number of amides is 1. The van der Waals surface area contributed by atoms with Crippen molar-refractivity contribution in [3.05, 3.63) is 23.9 Å². The topological polar surface area (TPSA) is 57.6 Å². The van der Waals surface area contributed by atoms with Crippen LogP contribution in [0.25, 0.3) is 0 Å². The van der Waals surface area contributed by atoms with E-state index in [2.05, 4.69) is 0 Å². The highest BCUT2D eigenvalue weighted by molar-refractivity contribution is 5.96. The van der Waals surface area contributed by atoms with Crippen LogP contribution in [0, 0.1) is 0 Å². The quantitative estimate of drug-likeness (QED) is 0.597. The van der Waals surface area contributed by atoms with E-state index in [1.807, 2.05) is 6.08 Å². The SMILES string of the molecule is O=C(O)C1=CC=CCC2CC(=O)N12. The molecule has 1 amide bonds. The lowest BCUT2D eigenvalue weighted by Crippen LogP contribution is -2.52. The third kappa shape index (κ3) is 1.14. The smallest absolute Gasteiger partial charge is 0.352 e. The van der Waals surface area contributed by atoms with Crippen LogP contribution in [-0.2, 0) is 9.59 Å². The number of hydrogen-bond donors (Lipinski definition) is 1. The summed E-state index contributed by atoms with van der Waals surface area (Å²) in [5.74, 6) is -1.13. The van der Waals surface area contributed by atoms with Crippen LogP contribution >= 0.6 is 0 Å². The van der Waals surface area contributed by atoms with E-state index in [0.29, 0.717) is 6.42 Å². The number of carbonyl (C=O) groups is 2. The minimum atomic E-state index is -1.04. The molecule has 4 nitrogen and oxygen atoms in total. The summed E-state index contributed by atoms with van der Waals surface area (Å²) in [7, 11) is 0. The molecule has 0 spiro atoms. The molecule has 1 fully saturated rings. The normalized spacial score (nSPS) is 25.8. The zero-order valence-corrected chi connectivity index (χ0v) is 6.93. The highest BCUT2D eigenvalue weighted by Crippen LogP contribution is 2.29. The number of carboxylic acids is 1. The van der Waals surface area contributed by atoms with Gasteiger partial charge in [-0.05, 0) is 12.5 Å². The average Bonchev–Trinajstić information content (AvgIpc) is 2.22. The second-order valence-corrected chi connectivity index (χ2v) is 3.14. The predicted octanol–water partition coefficient (Wildman–Crippen LogP) is 0.516. The summed E-state index contributed by atoms with van der Waals surface area (Å²) in [5, 5.41) is 8.81. The third-order valence-corrected chi connectivity index (χ3v) is 2.32. The zero-order chi connectivity index (χ0) is 9.42. The molecule has 1 saturated heterocycles. The number of allylic oxidation sites excluding steroid dienone is 2. The molecule has 0 bridgehead atoms. The Bertz CT molecular complexity index is 330. The molecule has 1 N–H and O–H groups in total. The fraction of sp³-hybridized carbons (Fsp3) is 0.333. The van der Waals surface area contributed by atoms with Gasteiger partial charge in [0.1, 0.15) is 5.70 Å². The molecule has 2 rings (SSSR count). The minimum absolute atomic E-state index is 0.0635. The van der Waals surface area contributed by atoms with Gasteiger partial charge in [0.15, 0.2) is 0 Å². The summed E-state index contributed by atoms with van der Waals surface area (Å²) in [5.41, 5.74) is 0.0926. The number of carbonyl (C=O) groups excluding carboxylic acids is 1. The lowest BCUT2D eigenvalue weighted by Gasteiger charge is -2.39. The molecular formula is C9H9NO3. The number of rotatable bonds is 1. The van der Waals surface area contributed by atoms with Crippen LogP contribution in [-0.4, -0.2) is 27.9 Å². The Hall–Kier alpha value is -1.58. The maximum absolute atomic E-state index is 11.1. The first-order valence-electron chi connectivity index (χ1n) is 4.12. The molecule has 2 heterocycles. The third-order valence-electron chi connectivity index (χ3n) is 2.32. The Kier molecular flexibility index (Phi) is 1.69. The first-order valence-corrected chi connectivity index (χ1v) is 4.12. The van der Waals surface area contributed by atoms with E-state index in [1.165, 1.54) is 11.0 Å². The van der Waals surface area contributed by atoms with E-state index < -0.39 is 5.97 Å². The molecule has 4 heteroatoms. The van der Waals surface area contributed by atoms with Gasteiger partial charge in [-0.2, -0.15) is 0 Å². The van der Waals surface area contributed by atoms with Crippen molar-refractivity contribution in [2.75, 3.05) is 0 Å². The standard InChI is InChI=1S/C9H9NO3/c11-8-5-6-3-1-2-4-7(9(12)13)10(6)8/h1-2,4,6H,3,5H2,(H,12,13). The van der Waals surface area contributed by atoms with Gasteiger partial charge in [0.25, 0.3) is 0 Å². The Balaban J connectivity index is 2.31. The molecule has 0 aromatic rings. The Morgan fingerprint density at radius 2 is 2.38 bits per heavy atom. The van der Waals surface area contributed by atoms with Crippen molar-refractivity contribution in [2.45, 2.75) is 18.9 Å². The van der Waals surface area contributed by atoms with Crippen LogP contribution in [0.15, 0.2) is 23.9 Å². The average molecular weight is 179 g/mol. The lowest BCUT2D eigenvalue weighted by molar-refractivity contribution is -0.148. The van der Waals surface area contributed by atoms with Gasteiger partial charge in [-0.15, -0.1) is 0 Å². The highest BCUT2D eigenvalue weighted by atomic mass is 16.4. The van der Waals surface area contributed by atoms with Gasteiger partial charge in [-0.1, -0.05) is 12.2 Å². The number of fused-ring (bicyclic) bond motifs is 1. The summed E-state index contributed by atoms with van der Waals surface area (Å²) in [6.07, 6.45) is 6.27. The molecule has 68 valence electrons. The summed E-state index contributed by atoms with van der Waals surface area (Å²) < 4.78 is 0. The summed E-state index contributed by atoms with van der Waals surface area (Å²) in [6, 6.07) is 0.0635. The number of aliphatic carboxylic acids is 1. The highest BCUT2D eigenvalue weighted by Gasteiger charge is 2.40. The van der Waals surface area contributed by atoms with Gasteiger partial charge in [0.2, 0.25) is 5.91 Å². The van der Waals surface area contributed by atoms with Crippen molar-refractivity contribution < 1.29 is 14.7 Å². The summed E-state index contributed by atoms with van der Waals surface area (Å²) >= 11 is 0. The van der Waals surface area contributed by atoms with Gasteiger partial charge in [-0.3, -0.25) is 4.79 Å². The number of carboxylic acid groups (broad SMARTS) is 1. The minimum Gasteiger partial charge on any atom is -0.477 e. The summed E-state index contributed by atoms with van der Waals surface area (Å²) in [4.78, 5) is 23.2. The monoisotopic (exact) mass is 179 g/mol. The van der Waals surface area contributed by atoms with Gasteiger partial charge < -0.3 is 10.0 Å². The lowest BCUT2D eigenvalue weighted by atomic mass is 9.98. The van der Waals surface area contributed by atoms with Crippen molar-refractivity contribution in [1.82, 2.24) is 4.90 Å². The molecular weight excluding hydrogens is 170 g/mol. The van der Waals surface area contributed by atoms with Crippen LogP contribution in [0.2, 0.25) is 0 Å². The van der Waals surface area contributed by atoms with Gasteiger partial charge in [0.05, 0.1) is 0 Å². The molecule has 13 heavy (non-hydrogen) atoms. The second-order valence-electron chi connectivity index (χ2n) is 3.14. The number of nitrogens with zero attached hydrogens (tertiary/aromatic N) is 1. The van der Waals surface area contributed by atoms with Crippen LogP contribution in [0.1, 0.15) is 12.8 Å². The maximum atomic E-state index is 11.1. The van der Waals surface area contributed by atoms with E-state index in [4.69, 9.17) is 5.11 Å². The molecule has 2 aliphatic rings. The van der Waals surface area contributed by atoms with E-state index in [0.717, 1.165) is 6.42 Å². The van der Waals surface area contributed by atoms with Gasteiger partial charge in [0, 0.05) is 12.5 Å². The number of β-lactam (4-membered cyclic amide) rings is 1. The molecule has 1 unspecified atom stereocenters. The van der Waals surface area contributed by atoms with Crippen molar-refractivity contribution >= 4 is 11.9 Å². The maximum Gasteiger partial charge on any atom is 0.352 e. The first-order chi connectivity index (χ1) is 6.20. The van der Waals surface area contributed by atoms with Crippen molar-refractivity contribution in [1.29, 1.82) is 0 Å². The van der Waals surface area contributed by atoms with Crippen molar-refractivity contribution in [3.63, 3.8) is 0 Å². The zero-order valence-electron chi connectivity index (χ0n) is 6.93. The molecule has 0 aromatic heterocycles. The van der Waals surface area contributed by atoms with E-state index in [9.17, 15) is 9.59 Å². The van der Waals surface area contributed by atoms with Crippen LogP contribution < -0.4 is 0 Å². The van der Waals surface area contributed by atoms with Crippen molar-refractivity contribution in [3.8, 4) is 0 Å². The first kappa shape index (κ1) is 8.04. The Labute approximate surface area is 75.1 Å². The predicted molar refractivity (Wildman–Crippen MR) is 44.7 cm³/mol. The molecule has 0 aromatic carbocycles. The van der Waals surface area contributed by atoms with Gasteiger partial charge in [-0.25, -0.2) is 4.79 Å². The molecule has 0 aliphatic carbocycles. The molecule has 0 saturated carbocycles.